The lowest BCUT2D eigenvalue weighted by Gasteiger charge is -2.17. The van der Waals surface area contributed by atoms with E-state index in [1.165, 1.54) is 4.88 Å². The van der Waals surface area contributed by atoms with Crippen LogP contribution in [0.25, 0.3) is 0 Å². The minimum Gasteiger partial charge on any atom is -0.312 e. The number of halogens is 1. The van der Waals surface area contributed by atoms with Gasteiger partial charge in [-0.3, -0.25) is 4.79 Å². The first-order valence-electron chi connectivity index (χ1n) is 7.20. The fourth-order valence-electron chi connectivity index (χ4n) is 2.78. The largest absolute Gasteiger partial charge is 0.312 e. The average Bonchev–Trinajstić information content (AvgIpc) is 2.83. The van der Waals surface area contributed by atoms with E-state index in [1.54, 1.807) is 17.4 Å². The molecule has 5 heteroatoms. The molecule has 0 aliphatic heterocycles. The van der Waals surface area contributed by atoms with Crippen molar-refractivity contribution in [1.82, 2.24) is 0 Å². The molecule has 0 spiro atoms. The Morgan fingerprint density at radius 3 is 2.95 bits per heavy atom. The molecule has 1 aliphatic rings. The topological polar surface area (TPSA) is 52.9 Å². The predicted molar refractivity (Wildman–Crippen MR) is 92.3 cm³/mol. The molecule has 1 atom stereocenters. The molecule has 3 nitrogen and oxygen atoms in total. The molecule has 0 radical (unpaired) electrons. The summed E-state index contributed by atoms with van der Waals surface area (Å²) in [7, 11) is 0. The molecule has 0 bridgehead atoms. The zero-order valence-corrected chi connectivity index (χ0v) is 14.6. The third-order valence-electron chi connectivity index (χ3n) is 3.96. The summed E-state index contributed by atoms with van der Waals surface area (Å²) in [5.74, 6) is 0.414. The maximum atomic E-state index is 12.4. The van der Waals surface area contributed by atoms with Gasteiger partial charge in [-0.05, 0) is 58.8 Å². The summed E-state index contributed by atoms with van der Waals surface area (Å²) in [5.41, 5.74) is 2.35. The number of nitrogens with one attached hydrogen (secondary N) is 1. The van der Waals surface area contributed by atoms with Gasteiger partial charge < -0.3 is 5.32 Å². The molecule has 0 saturated carbocycles. The average molecular weight is 375 g/mol. The maximum Gasteiger partial charge on any atom is 0.257 e. The molecule has 0 fully saturated rings. The molecule has 1 aliphatic carbocycles. The fourth-order valence-corrected chi connectivity index (χ4v) is 4.43. The Hall–Kier alpha value is -1.64. The van der Waals surface area contributed by atoms with Crippen molar-refractivity contribution in [3.8, 4) is 6.07 Å². The van der Waals surface area contributed by atoms with Crippen LogP contribution in [0.4, 0.5) is 5.00 Å². The molecule has 1 heterocycles. The Labute approximate surface area is 142 Å². The zero-order valence-electron chi connectivity index (χ0n) is 12.1. The van der Waals surface area contributed by atoms with Gasteiger partial charge in [-0.2, -0.15) is 5.26 Å². The molecule has 1 N–H and O–H groups in total. The van der Waals surface area contributed by atoms with Crippen molar-refractivity contribution in [1.29, 1.82) is 5.26 Å². The fraction of sp³-hybridized carbons (Fsp3) is 0.294. The third kappa shape index (κ3) is 2.81. The standard InChI is InChI=1S/C17H15BrN2OS/c1-10-6-7-15-12(8-10)13(9-19)17(22-15)20-16(21)11-4-2-3-5-14(11)18/h2-5,10H,6-8H2,1H3,(H,20,21)/t10-/m0/s1. The lowest BCUT2D eigenvalue weighted by molar-refractivity contribution is 0.102. The second-order valence-corrected chi connectivity index (χ2v) is 7.56. The third-order valence-corrected chi connectivity index (χ3v) is 5.86. The summed E-state index contributed by atoms with van der Waals surface area (Å²) in [6, 6.07) is 9.57. The summed E-state index contributed by atoms with van der Waals surface area (Å²) in [6.45, 7) is 2.21. The molecule has 0 saturated heterocycles. The van der Waals surface area contributed by atoms with E-state index in [2.05, 4.69) is 34.2 Å². The quantitative estimate of drug-likeness (QED) is 0.823. The minimum absolute atomic E-state index is 0.185. The summed E-state index contributed by atoms with van der Waals surface area (Å²) < 4.78 is 0.751. The van der Waals surface area contributed by atoms with E-state index in [0.717, 1.165) is 29.3 Å². The van der Waals surface area contributed by atoms with Gasteiger partial charge in [0.1, 0.15) is 11.1 Å². The highest BCUT2D eigenvalue weighted by molar-refractivity contribution is 9.10. The van der Waals surface area contributed by atoms with Crippen molar-refractivity contribution in [2.24, 2.45) is 5.92 Å². The molecule has 1 aromatic heterocycles. The molecule has 1 amide bonds. The van der Waals surface area contributed by atoms with Gasteiger partial charge in [0.05, 0.1) is 11.1 Å². The van der Waals surface area contributed by atoms with E-state index >= 15 is 0 Å². The van der Waals surface area contributed by atoms with Gasteiger partial charge in [0.2, 0.25) is 0 Å². The summed E-state index contributed by atoms with van der Waals surface area (Å²) in [5, 5.41) is 13.1. The number of nitriles is 1. The highest BCUT2D eigenvalue weighted by atomic mass is 79.9. The van der Waals surface area contributed by atoms with Crippen LogP contribution < -0.4 is 5.32 Å². The molecular formula is C17H15BrN2OS. The lowest BCUT2D eigenvalue weighted by Crippen LogP contribution is -2.13. The SMILES string of the molecule is C[C@H]1CCc2sc(NC(=O)c3ccccc3Br)c(C#N)c2C1. The first-order chi connectivity index (χ1) is 10.6. The van der Waals surface area contributed by atoms with Crippen LogP contribution >= 0.6 is 27.3 Å². The second kappa shape index (κ2) is 6.23. The number of hydrogen-bond acceptors (Lipinski definition) is 3. The van der Waals surface area contributed by atoms with Crippen molar-refractivity contribution < 1.29 is 4.79 Å². The first kappa shape index (κ1) is 15.3. The van der Waals surface area contributed by atoms with Crippen molar-refractivity contribution in [2.45, 2.75) is 26.2 Å². The van der Waals surface area contributed by atoms with Gasteiger partial charge in [-0.1, -0.05) is 19.1 Å². The molecule has 3 rings (SSSR count). The Balaban J connectivity index is 1.92. The van der Waals surface area contributed by atoms with Gasteiger partial charge in [-0.15, -0.1) is 11.3 Å². The number of thiophene rings is 1. The number of carbonyl (C=O) groups is 1. The predicted octanol–water partition coefficient (Wildman–Crippen LogP) is 4.76. The van der Waals surface area contributed by atoms with Crippen molar-refractivity contribution in [2.75, 3.05) is 5.32 Å². The number of amides is 1. The van der Waals surface area contributed by atoms with Crippen molar-refractivity contribution in [3.05, 3.63) is 50.3 Å². The monoisotopic (exact) mass is 374 g/mol. The van der Waals surface area contributed by atoms with Gasteiger partial charge in [0, 0.05) is 9.35 Å². The molecule has 0 unspecified atom stereocenters. The van der Waals surface area contributed by atoms with Crippen LogP contribution in [-0.2, 0) is 12.8 Å². The molecule has 112 valence electrons. The highest BCUT2D eigenvalue weighted by Gasteiger charge is 2.25. The summed E-state index contributed by atoms with van der Waals surface area (Å²) in [6.07, 6.45) is 3.08. The second-order valence-electron chi connectivity index (χ2n) is 5.60. The van der Waals surface area contributed by atoms with Crippen molar-refractivity contribution >= 4 is 38.2 Å². The van der Waals surface area contributed by atoms with E-state index in [1.807, 2.05) is 18.2 Å². The van der Waals surface area contributed by atoms with Crippen LogP contribution in [0, 0.1) is 17.2 Å². The van der Waals surface area contributed by atoms with E-state index in [4.69, 9.17) is 0 Å². The number of hydrogen-bond donors (Lipinski definition) is 1. The number of nitrogens with zero attached hydrogens (tertiary/aromatic N) is 1. The van der Waals surface area contributed by atoms with Crippen LogP contribution in [0.15, 0.2) is 28.7 Å². The van der Waals surface area contributed by atoms with Crippen LogP contribution in [0.3, 0.4) is 0 Å². The number of carbonyl (C=O) groups excluding carboxylic acids is 1. The first-order valence-corrected chi connectivity index (χ1v) is 8.81. The molecular weight excluding hydrogens is 360 g/mol. The van der Waals surface area contributed by atoms with Gasteiger partial charge in [-0.25, -0.2) is 0 Å². The van der Waals surface area contributed by atoms with E-state index in [9.17, 15) is 10.1 Å². The van der Waals surface area contributed by atoms with Crippen LogP contribution in [0.5, 0.6) is 0 Å². The Morgan fingerprint density at radius 2 is 2.23 bits per heavy atom. The summed E-state index contributed by atoms with van der Waals surface area (Å²) >= 11 is 4.94. The number of fused-ring (bicyclic) bond motifs is 1. The van der Waals surface area contributed by atoms with Crippen molar-refractivity contribution in [3.63, 3.8) is 0 Å². The van der Waals surface area contributed by atoms with Crippen LogP contribution in [0.2, 0.25) is 0 Å². The zero-order chi connectivity index (χ0) is 15.7. The normalized spacial score (nSPS) is 16.7. The van der Waals surface area contributed by atoms with Gasteiger partial charge in [0.25, 0.3) is 5.91 Å². The van der Waals surface area contributed by atoms with Gasteiger partial charge in [0.15, 0.2) is 0 Å². The number of benzene rings is 1. The molecule has 2 aromatic rings. The maximum absolute atomic E-state index is 12.4. The molecule has 1 aromatic carbocycles. The smallest absolute Gasteiger partial charge is 0.257 e. The number of anilines is 1. The van der Waals surface area contributed by atoms with E-state index in [-0.39, 0.29) is 5.91 Å². The lowest BCUT2D eigenvalue weighted by atomic mass is 9.88. The highest BCUT2D eigenvalue weighted by Crippen LogP contribution is 2.39. The number of rotatable bonds is 2. The van der Waals surface area contributed by atoms with Crippen LogP contribution in [0.1, 0.15) is 39.7 Å². The molecule has 22 heavy (non-hydrogen) atoms. The number of aryl methyl sites for hydroxylation is 1. The Kier molecular flexibility index (Phi) is 4.32. The van der Waals surface area contributed by atoms with Gasteiger partial charge >= 0.3 is 0 Å². The Morgan fingerprint density at radius 1 is 1.45 bits per heavy atom. The van der Waals surface area contributed by atoms with E-state index < -0.39 is 0 Å². The van der Waals surface area contributed by atoms with Crippen LogP contribution in [-0.4, -0.2) is 5.91 Å². The summed E-state index contributed by atoms with van der Waals surface area (Å²) in [4.78, 5) is 13.7. The minimum atomic E-state index is -0.185. The Bertz CT molecular complexity index is 775. The van der Waals surface area contributed by atoms with E-state index in [0.29, 0.717) is 22.0 Å².